The highest BCUT2D eigenvalue weighted by Crippen LogP contribution is 2.43. The molecule has 1 rings (SSSR count). The Hall–Kier alpha value is -0.636. The molecule has 0 aromatic rings. The molecule has 0 aromatic carbocycles. The Morgan fingerprint density at radius 3 is 1.79 bits per heavy atom. The fourth-order valence-corrected chi connectivity index (χ4v) is 4.70. The Morgan fingerprint density at radius 1 is 0.966 bits per heavy atom. The summed E-state index contributed by atoms with van der Waals surface area (Å²) in [6.45, 7) is 25.8. The molecule has 0 N–H and O–H groups in total. The monoisotopic (exact) mass is 444 g/mol. The minimum absolute atomic E-state index is 0.137. The van der Waals surface area contributed by atoms with Crippen LogP contribution in [0.2, 0.25) is 36.3 Å². The second-order valence-corrected chi connectivity index (χ2v) is 21.0. The molecular formula is C22H44O5Si2. The largest absolute Gasteiger partial charge is 0.508 e. The SMILES string of the molecule is CCOC(=O)O[C@H]1C=CC(CO[Si](C)(C)C(C)(C)C)(CO[Si](C)(C)C(C)(C)C)C1. The van der Waals surface area contributed by atoms with Crippen LogP contribution in [0.15, 0.2) is 12.2 Å². The maximum atomic E-state index is 11.8. The summed E-state index contributed by atoms with van der Waals surface area (Å²) in [6.07, 6.45) is 3.83. The summed E-state index contributed by atoms with van der Waals surface area (Å²) in [5.74, 6) is 0. The number of rotatable bonds is 8. The molecular weight excluding hydrogens is 400 g/mol. The molecule has 0 fully saturated rings. The number of hydrogen-bond donors (Lipinski definition) is 0. The van der Waals surface area contributed by atoms with Crippen molar-refractivity contribution in [3.63, 3.8) is 0 Å². The standard InChI is InChI=1S/C22H44O5Si2/c1-12-24-19(23)27-18-13-14-22(15-18,16-25-28(8,9)20(2,3)4)17-26-29(10,11)21(5,6)7/h13-14,18H,12,15-17H2,1-11H3/t18-/m0/s1. The smallest absolute Gasteiger partial charge is 0.435 e. The lowest BCUT2D eigenvalue weighted by Gasteiger charge is -2.42. The van der Waals surface area contributed by atoms with Gasteiger partial charge in [-0.1, -0.05) is 47.6 Å². The molecule has 0 saturated heterocycles. The predicted molar refractivity (Wildman–Crippen MR) is 124 cm³/mol. The van der Waals surface area contributed by atoms with Crippen molar-refractivity contribution in [1.82, 2.24) is 0 Å². The lowest BCUT2D eigenvalue weighted by Crippen LogP contribution is -2.47. The minimum atomic E-state index is -1.91. The Bertz CT molecular complexity index is 555. The summed E-state index contributed by atoms with van der Waals surface area (Å²) in [5, 5.41) is 0.273. The Kier molecular flexibility index (Phi) is 8.41. The average Bonchev–Trinajstić information content (AvgIpc) is 2.93. The number of hydrogen-bond acceptors (Lipinski definition) is 5. The van der Waals surface area contributed by atoms with E-state index in [0.717, 1.165) is 0 Å². The summed E-state index contributed by atoms with van der Waals surface area (Å²) in [4.78, 5) is 11.8. The second kappa shape index (κ2) is 9.24. The third kappa shape index (κ3) is 7.22. The highest BCUT2D eigenvalue weighted by atomic mass is 28.4. The number of carbonyl (C=O) groups is 1. The molecule has 1 atom stereocenters. The summed E-state index contributed by atoms with van der Waals surface area (Å²) < 4.78 is 23.6. The van der Waals surface area contributed by atoms with Crippen molar-refractivity contribution in [3.8, 4) is 0 Å². The first kappa shape index (κ1) is 26.4. The van der Waals surface area contributed by atoms with Crippen LogP contribution in [0.25, 0.3) is 0 Å². The molecule has 0 aliphatic heterocycles. The molecule has 1 aliphatic rings. The topological polar surface area (TPSA) is 54.0 Å². The first-order valence-corrected chi connectivity index (χ1v) is 16.6. The van der Waals surface area contributed by atoms with E-state index in [4.69, 9.17) is 18.3 Å². The van der Waals surface area contributed by atoms with Crippen LogP contribution in [0.3, 0.4) is 0 Å². The fourth-order valence-electron chi connectivity index (χ4n) is 2.54. The van der Waals surface area contributed by atoms with Gasteiger partial charge in [-0.15, -0.1) is 0 Å². The van der Waals surface area contributed by atoms with E-state index >= 15 is 0 Å². The summed E-state index contributed by atoms with van der Waals surface area (Å²) in [6, 6.07) is 0. The van der Waals surface area contributed by atoms with E-state index in [9.17, 15) is 4.79 Å². The zero-order valence-corrected chi connectivity index (χ0v) is 22.6. The van der Waals surface area contributed by atoms with Gasteiger partial charge in [-0.25, -0.2) is 4.79 Å². The van der Waals surface area contributed by atoms with Gasteiger partial charge in [0.05, 0.1) is 6.61 Å². The first-order chi connectivity index (χ1) is 12.9. The van der Waals surface area contributed by atoms with Crippen molar-refractivity contribution in [3.05, 3.63) is 12.2 Å². The van der Waals surface area contributed by atoms with Gasteiger partial charge in [0.2, 0.25) is 0 Å². The predicted octanol–water partition coefficient (Wildman–Crippen LogP) is 6.52. The third-order valence-corrected chi connectivity index (χ3v) is 15.8. The maximum Gasteiger partial charge on any atom is 0.508 e. The Morgan fingerprint density at radius 2 is 1.41 bits per heavy atom. The van der Waals surface area contributed by atoms with E-state index in [1.54, 1.807) is 6.92 Å². The molecule has 0 saturated carbocycles. The molecule has 7 heteroatoms. The van der Waals surface area contributed by atoms with Crippen LogP contribution in [0.4, 0.5) is 4.79 Å². The molecule has 0 heterocycles. The van der Waals surface area contributed by atoms with Crippen LogP contribution >= 0.6 is 0 Å². The molecule has 170 valence electrons. The van der Waals surface area contributed by atoms with Gasteiger partial charge in [-0.05, 0) is 49.3 Å². The Balaban J connectivity index is 2.96. The number of carbonyl (C=O) groups excluding carboxylic acids is 1. The van der Waals surface area contributed by atoms with Crippen LogP contribution in [-0.2, 0) is 18.3 Å². The number of ether oxygens (including phenoxy) is 2. The highest BCUT2D eigenvalue weighted by molar-refractivity contribution is 6.74. The van der Waals surface area contributed by atoms with Gasteiger partial charge in [0.15, 0.2) is 16.6 Å². The second-order valence-electron chi connectivity index (χ2n) is 11.4. The molecule has 0 bridgehead atoms. The fraction of sp³-hybridized carbons (Fsp3) is 0.864. The average molecular weight is 445 g/mol. The van der Waals surface area contributed by atoms with Crippen molar-refractivity contribution in [2.75, 3.05) is 19.8 Å². The molecule has 5 nitrogen and oxygen atoms in total. The van der Waals surface area contributed by atoms with Crippen LogP contribution in [0.1, 0.15) is 54.9 Å². The molecule has 0 amide bonds. The van der Waals surface area contributed by atoms with Crippen molar-refractivity contribution < 1.29 is 23.1 Å². The van der Waals surface area contributed by atoms with Gasteiger partial charge >= 0.3 is 6.16 Å². The van der Waals surface area contributed by atoms with Crippen molar-refractivity contribution in [2.45, 2.75) is 97.3 Å². The van der Waals surface area contributed by atoms with Crippen LogP contribution in [0.5, 0.6) is 0 Å². The van der Waals surface area contributed by atoms with E-state index in [-0.39, 0.29) is 21.6 Å². The van der Waals surface area contributed by atoms with Gasteiger partial charge < -0.3 is 18.3 Å². The first-order valence-electron chi connectivity index (χ1n) is 10.8. The lowest BCUT2D eigenvalue weighted by atomic mass is 9.89. The van der Waals surface area contributed by atoms with Crippen molar-refractivity contribution >= 4 is 22.8 Å². The van der Waals surface area contributed by atoms with Crippen molar-refractivity contribution in [2.24, 2.45) is 5.41 Å². The van der Waals surface area contributed by atoms with Gasteiger partial charge in [0.1, 0.15) is 6.10 Å². The van der Waals surface area contributed by atoms with E-state index in [1.165, 1.54) is 0 Å². The van der Waals surface area contributed by atoms with Crippen LogP contribution in [-0.4, -0.2) is 48.7 Å². The van der Waals surface area contributed by atoms with Crippen LogP contribution < -0.4 is 0 Å². The van der Waals surface area contributed by atoms with E-state index in [0.29, 0.717) is 26.2 Å². The molecule has 29 heavy (non-hydrogen) atoms. The van der Waals surface area contributed by atoms with E-state index in [1.807, 2.05) is 6.08 Å². The van der Waals surface area contributed by atoms with Gasteiger partial charge in [0, 0.05) is 25.0 Å². The molecule has 0 spiro atoms. The third-order valence-electron chi connectivity index (χ3n) is 6.84. The zero-order chi connectivity index (χ0) is 22.7. The normalized spacial score (nSPS) is 20.0. The molecule has 0 aromatic heterocycles. The van der Waals surface area contributed by atoms with Gasteiger partial charge in [0.25, 0.3) is 0 Å². The molecule has 0 radical (unpaired) electrons. The molecule has 0 unspecified atom stereocenters. The highest BCUT2D eigenvalue weighted by Gasteiger charge is 2.45. The van der Waals surface area contributed by atoms with E-state index < -0.39 is 22.8 Å². The summed E-state index contributed by atoms with van der Waals surface area (Å²) in [7, 11) is -3.82. The zero-order valence-electron chi connectivity index (χ0n) is 20.6. The van der Waals surface area contributed by atoms with Gasteiger partial charge in [-0.2, -0.15) is 0 Å². The quantitative estimate of drug-likeness (QED) is 0.242. The lowest BCUT2D eigenvalue weighted by molar-refractivity contribution is 0.0209. The van der Waals surface area contributed by atoms with Gasteiger partial charge in [-0.3, -0.25) is 0 Å². The van der Waals surface area contributed by atoms with Crippen LogP contribution in [0, 0.1) is 5.41 Å². The summed E-state index contributed by atoms with van der Waals surface area (Å²) in [5.41, 5.74) is -0.289. The Labute approximate surface area is 180 Å². The van der Waals surface area contributed by atoms with Crippen molar-refractivity contribution in [1.29, 1.82) is 0 Å². The minimum Gasteiger partial charge on any atom is -0.435 e. The van der Waals surface area contributed by atoms with E-state index in [2.05, 4.69) is 73.8 Å². The maximum absolute atomic E-state index is 11.8. The molecule has 1 aliphatic carbocycles. The summed E-state index contributed by atoms with van der Waals surface area (Å²) >= 11 is 0.